The van der Waals surface area contributed by atoms with Gasteiger partial charge in [0.2, 0.25) is 11.8 Å². The molecule has 0 saturated carbocycles. The zero-order valence-electron chi connectivity index (χ0n) is 12.2. The summed E-state index contributed by atoms with van der Waals surface area (Å²) in [5.74, 6) is -0.769. The molecule has 0 aromatic heterocycles. The van der Waals surface area contributed by atoms with Crippen LogP contribution in [0.15, 0.2) is 22.7 Å². The Morgan fingerprint density at radius 2 is 2.05 bits per heavy atom. The summed E-state index contributed by atoms with van der Waals surface area (Å²) >= 11 is 3.29. The molecule has 2 amide bonds. The molecule has 0 bridgehead atoms. The van der Waals surface area contributed by atoms with Gasteiger partial charge in [0.15, 0.2) is 0 Å². The first-order chi connectivity index (χ1) is 9.81. The van der Waals surface area contributed by atoms with E-state index in [0.717, 1.165) is 4.47 Å². The quantitative estimate of drug-likeness (QED) is 0.904. The summed E-state index contributed by atoms with van der Waals surface area (Å²) in [6.07, 6.45) is 0. The molecule has 1 aromatic carbocycles. The maximum atomic E-state index is 13.9. The van der Waals surface area contributed by atoms with Crippen molar-refractivity contribution >= 4 is 27.7 Å². The number of amides is 2. The Bertz CT molecular complexity index is 577. The van der Waals surface area contributed by atoms with E-state index in [1.165, 1.54) is 11.0 Å². The highest BCUT2D eigenvalue weighted by Crippen LogP contribution is 2.22. The van der Waals surface area contributed by atoms with Crippen LogP contribution in [0.2, 0.25) is 0 Å². The lowest BCUT2D eigenvalue weighted by atomic mass is 9.98. The van der Waals surface area contributed by atoms with Crippen LogP contribution in [0.4, 0.5) is 4.39 Å². The summed E-state index contributed by atoms with van der Waals surface area (Å²) in [5.41, 5.74) is 0.391. The van der Waals surface area contributed by atoms with Crippen LogP contribution in [0.25, 0.3) is 0 Å². The van der Waals surface area contributed by atoms with E-state index >= 15 is 0 Å². The van der Waals surface area contributed by atoms with Crippen molar-refractivity contribution in [1.29, 1.82) is 0 Å². The van der Waals surface area contributed by atoms with E-state index in [-0.39, 0.29) is 30.1 Å². The van der Waals surface area contributed by atoms with Gasteiger partial charge in [-0.1, -0.05) is 29.8 Å². The Kier molecular flexibility index (Phi) is 4.66. The van der Waals surface area contributed by atoms with Gasteiger partial charge in [0.1, 0.15) is 17.9 Å². The van der Waals surface area contributed by atoms with Gasteiger partial charge in [-0.15, -0.1) is 0 Å². The second-order valence-electron chi connectivity index (χ2n) is 5.61. The Morgan fingerprint density at radius 3 is 2.67 bits per heavy atom. The molecule has 4 nitrogen and oxygen atoms in total. The highest BCUT2D eigenvalue weighted by atomic mass is 79.9. The summed E-state index contributed by atoms with van der Waals surface area (Å²) in [4.78, 5) is 25.9. The molecule has 1 aliphatic rings. The molecule has 2 atom stereocenters. The standard InChI is InChI=1S/C15H18BrFN2O2/c1-8(2)13-15(21)19(9(3)14(20)18-13)7-10-6-11(16)4-5-12(10)17/h4-6,8-9,13H,7H2,1-3H3,(H,18,20). The Morgan fingerprint density at radius 1 is 1.38 bits per heavy atom. The fourth-order valence-electron chi connectivity index (χ4n) is 2.36. The number of nitrogens with one attached hydrogen (secondary N) is 1. The van der Waals surface area contributed by atoms with Crippen molar-refractivity contribution in [3.05, 3.63) is 34.1 Å². The van der Waals surface area contributed by atoms with Crippen molar-refractivity contribution in [3.63, 3.8) is 0 Å². The van der Waals surface area contributed by atoms with Gasteiger partial charge < -0.3 is 10.2 Å². The van der Waals surface area contributed by atoms with Crippen LogP contribution in [-0.4, -0.2) is 28.8 Å². The minimum atomic E-state index is -0.606. The average Bonchev–Trinajstić information content (AvgIpc) is 2.42. The van der Waals surface area contributed by atoms with Crippen molar-refractivity contribution < 1.29 is 14.0 Å². The molecule has 1 aliphatic heterocycles. The lowest BCUT2D eigenvalue weighted by Gasteiger charge is -2.39. The molecular formula is C15H18BrFN2O2. The summed E-state index contributed by atoms with van der Waals surface area (Å²) in [6, 6.07) is 3.42. The van der Waals surface area contributed by atoms with Crippen LogP contribution >= 0.6 is 15.9 Å². The normalized spacial score (nSPS) is 22.7. The lowest BCUT2D eigenvalue weighted by Crippen LogP contribution is -2.63. The summed E-state index contributed by atoms with van der Waals surface area (Å²) in [7, 11) is 0. The molecule has 2 unspecified atom stereocenters. The van der Waals surface area contributed by atoms with Crippen LogP contribution in [-0.2, 0) is 16.1 Å². The minimum Gasteiger partial charge on any atom is -0.342 e. The molecule has 1 heterocycles. The van der Waals surface area contributed by atoms with E-state index in [4.69, 9.17) is 0 Å². The Labute approximate surface area is 131 Å². The number of rotatable bonds is 3. The van der Waals surface area contributed by atoms with Crippen LogP contribution in [0, 0.1) is 11.7 Å². The molecule has 0 spiro atoms. The summed E-state index contributed by atoms with van der Waals surface area (Å²) in [6.45, 7) is 5.48. The van der Waals surface area contributed by atoms with Crippen LogP contribution in [0.3, 0.4) is 0 Å². The Balaban J connectivity index is 2.29. The zero-order valence-corrected chi connectivity index (χ0v) is 13.8. The molecule has 114 valence electrons. The van der Waals surface area contributed by atoms with Crippen LogP contribution in [0.1, 0.15) is 26.3 Å². The second-order valence-corrected chi connectivity index (χ2v) is 6.52. The first kappa shape index (κ1) is 15.9. The third-order valence-electron chi connectivity index (χ3n) is 3.71. The van der Waals surface area contributed by atoms with Crippen LogP contribution in [0.5, 0.6) is 0 Å². The van der Waals surface area contributed by atoms with Gasteiger partial charge in [-0.2, -0.15) is 0 Å². The first-order valence-electron chi connectivity index (χ1n) is 6.86. The molecule has 2 rings (SSSR count). The predicted octanol–water partition coefficient (Wildman–Crippen LogP) is 2.46. The fourth-order valence-corrected chi connectivity index (χ4v) is 2.77. The van der Waals surface area contributed by atoms with E-state index in [2.05, 4.69) is 21.2 Å². The average molecular weight is 357 g/mol. The van der Waals surface area contributed by atoms with Gasteiger partial charge in [0.05, 0.1) is 0 Å². The van der Waals surface area contributed by atoms with E-state index in [1.54, 1.807) is 19.1 Å². The number of carbonyl (C=O) groups is 2. The topological polar surface area (TPSA) is 49.4 Å². The highest BCUT2D eigenvalue weighted by molar-refractivity contribution is 9.10. The predicted molar refractivity (Wildman–Crippen MR) is 80.9 cm³/mol. The monoisotopic (exact) mass is 356 g/mol. The number of hydrogen-bond donors (Lipinski definition) is 1. The van der Waals surface area contributed by atoms with Gasteiger partial charge in [-0.25, -0.2) is 4.39 Å². The molecule has 0 radical (unpaired) electrons. The smallest absolute Gasteiger partial charge is 0.246 e. The number of piperazine rings is 1. The summed E-state index contributed by atoms with van der Waals surface area (Å²) in [5, 5.41) is 2.72. The molecule has 1 fully saturated rings. The van der Waals surface area contributed by atoms with E-state index in [0.29, 0.717) is 5.56 Å². The number of carbonyl (C=O) groups excluding carboxylic acids is 2. The number of benzene rings is 1. The van der Waals surface area contributed by atoms with Gasteiger partial charge in [-0.3, -0.25) is 9.59 Å². The molecule has 1 N–H and O–H groups in total. The first-order valence-corrected chi connectivity index (χ1v) is 7.65. The van der Waals surface area contributed by atoms with Gasteiger partial charge >= 0.3 is 0 Å². The second kappa shape index (κ2) is 6.13. The maximum absolute atomic E-state index is 13.9. The van der Waals surface area contributed by atoms with E-state index in [9.17, 15) is 14.0 Å². The molecule has 0 aliphatic carbocycles. The highest BCUT2D eigenvalue weighted by Gasteiger charge is 2.39. The number of nitrogens with zero attached hydrogens (tertiary/aromatic N) is 1. The minimum absolute atomic E-state index is 0.0104. The molecule has 1 aromatic rings. The maximum Gasteiger partial charge on any atom is 0.246 e. The van der Waals surface area contributed by atoms with Crippen LogP contribution < -0.4 is 5.32 Å². The third kappa shape index (κ3) is 3.26. The largest absolute Gasteiger partial charge is 0.342 e. The molecular weight excluding hydrogens is 339 g/mol. The molecule has 21 heavy (non-hydrogen) atoms. The van der Waals surface area contributed by atoms with Gasteiger partial charge in [0.25, 0.3) is 0 Å². The number of halogens is 2. The van der Waals surface area contributed by atoms with Crippen molar-refractivity contribution in [2.45, 2.75) is 39.4 Å². The van der Waals surface area contributed by atoms with E-state index < -0.39 is 12.1 Å². The van der Waals surface area contributed by atoms with Gasteiger partial charge in [0, 0.05) is 16.6 Å². The SMILES string of the molecule is CC(C)C1NC(=O)C(C)N(Cc2cc(Br)ccc2F)C1=O. The van der Waals surface area contributed by atoms with Crippen molar-refractivity contribution in [3.8, 4) is 0 Å². The number of hydrogen-bond acceptors (Lipinski definition) is 2. The summed E-state index contributed by atoms with van der Waals surface area (Å²) < 4.78 is 14.6. The van der Waals surface area contributed by atoms with Crippen molar-refractivity contribution in [2.24, 2.45) is 5.92 Å². The lowest BCUT2D eigenvalue weighted by molar-refractivity contribution is -0.150. The van der Waals surface area contributed by atoms with Gasteiger partial charge in [-0.05, 0) is 31.0 Å². The third-order valence-corrected chi connectivity index (χ3v) is 4.20. The van der Waals surface area contributed by atoms with Crippen molar-refractivity contribution in [2.75, 3.05) is 0 Å². The Hall–Kier alpha value is -1.43. The van der Waals surface area contributed by atoms with Crippen molar-refractivity contribution in [1.82, 2.24) is 10.2 Å². The molecule has 6 heteroatoms. The molecule has 1 saturated heterocycles. The fraction of sp³-hybridized carbons (Fsp3) is 0.467. The van der Waals surface area contributed by atoms with E-state index in [1.807, 2.05) is 13.8 Å². The zero-order chi connectivity index (χ0) is 15.7.